The fraction of sp³-hybridized carbons (Fsp3) is 0.400. The van der Waals surface area contributed by atoms with Gasteiger partial charge in [-0.05, 0) is 76.6 Å². The van der Waals surface area contributed by atoms with Crippen LogP contribution in [-0.2, 0) is 0 Å². The quantitative estimate of drug-likeness (QED) is 0.379. The van der Waals surface area contributed by atoms with Gasteiger partial charge in [0.15, 0.2) is 0 Å². The van der Waals surface area contributed by atoms with Gasteiger partial charge >= 0.3 is 0 Å². The summed E-state index contributed by atoms with van der Waals surface area (Å²) in [7, 11) is 0. The molecule has 178 valence electrons. The van der Waals surface area contributed by atoms with E-state index < -0.39 is 0 Å². The Hall–Kier alpha value is -2.88. The molecular formula is C30H38N4. The number of unbranched alkanes of at least 4 members (excludes halogenated alkanes) is 3. The largest absolute Gasteiger partial charge is 0.346 e. The van der Waals surface area contributed by atoms with Gasteiger partial charge in [-0.1, -0.05) is 48.2 Å². The molecule has 2 aliphatic rings. The zero-order valence-electron chi connectivity index (χ0n) is 21.7. The van der Waals surface area contributed by atoms with E-state index in [1.165, 1.54) is 70.4 Å². The van der Waals surface area contributed by atoms with E-state index in [0.29, 0.717) is 0 Å². The lowest BCUT2D eigenvalue weighted by molar-refractivity contribution is 0.416. The second-order valence-electron chi connectivity index (χ2n) is 9.83. The van der Waals surface area contributed by atoms with Gasteiger partial charge in [-0.3, -0.25) is 0 Å². The first-order chi connectivity index (χ1) is 16.3. The van der Waals surface area contributed by atoms with Crippen LogP contribution in [0.5, 0.6) is 0 Å². The zero-order valence-corrected chi connectivity index (χ0v) is 21.7. The summed E-state index contributed by atoms with van der Waals surface area (Å²) in [4.78, 5) is 8.65. The molecule has 0 aliphatic carbocycles. The highest BCUT2D eigenvalue weighted by atomic mass is 15.3. The number of nitrogens with zero attached hydrogens (tertiary/aromatic N) is 4. The fourth-order valence-corrected chi connectivity index (χ4v) is 5.23. The first-order valence-electron chi connectivity index (χ1n) is 12.5. The molecule has 2 aliphatic heterocycles. The van der Waals surface area contributed by atoms with Gasteiger partial charge in [-0.2, -0.15) is 0 Å². The van der Waals surface area contributed by atoms with Gasteiger partial charge in [0.1, 0.15) is 0 Å². The van der Waals surface area contributed by atoms with E-state index >= 15 is 0 Å². The number of benzene rings is 2. The summed E-state index contributed by atoms with van der Waals surface area (Å²) in [5.74, 6) is 0. The minimum absolute atomic E-state index is 1.01. The lowest BCUT2D eigenvalue weighted by atomic mass is 10.0. The van der Waals surface area contributed by atoms with Crippen LogP contribution in [0, 0.1) is 54.9 Å². The van der Waals surface area contributed by atoms with Crippen LogP contribution in [0.1, 0.15) is 59.1 Å². The molecule has 2 heterocycles. The molecule has 0 bridgehead atoms. The number of aryl methyl sites for hydroxylation is 6. The molecule has 0 atom stereocenters. The Bertz CT molecular complexity index is 936. The Kier molecular flexibility index (Phi) is 7.55. The Morgan fingerprint density at radius 1 is 0.500 bits per heavy atom. The second kappa shape index (κ2) is 10.6. The van der Waals surface area contributed by atoms with E-state index in [2.05, 4.69) is 124 Å². The van der Waals surface area contributed by atoms with Crippen LogP contribution >= 0.6 is 0 Å². The SMILES string of the molecule is Cc1cc(C)c(N2[C]N(CCCCCCN3[C]N(c4c(C)cc(C)cc4C)C=C3)C=C2)c(C)c1. The topological polar surface area (TPSA) is 13.0 Å². The Labute approximate surface area is 207 Å². The third-order valence-corrected chi connectivity index (χ3v) is 6.56. The normalized spacial score (nSPS) is 15.4. The molecule has 0 fully saturated rings. The molecule has 0 aromatic heterocycles. The Morgan fingerprint density at radius 2 is 0.853 bits per heavy atom. The molecule has 2 aromatic rings. The molecule has 4 nitrogen and oxygen atoms in total. The van der Waals surface area contributed by atoms with E-state index in [-0.39, 0.29) is 0 Å². The van der Waals surface area contributed by atoms with Crippen molar-refractivity contribution in [3.05, 3.63) is 95.8 Å². The molecule has 0 amide bonds. The summed E-state index contributed by atoms with van der Waals surface area (Å²) in [6, 6.07) is 8.97. The van der Waals surface area contributed by atoms with Crippen molar-refractivity contribution in [1.82, 2.24) is 9.80 Å². The standard InChI is InChI=1S/C30H38N4/c1-23-17-25(3)29(26(4)18-23)33-15-13-31(21-33)11-9-7-8-10-12-32-14-16-34(22-32)30-27(5)19-24(2)20-28(30)6/h13-20H,7-12H2,1-6H3. The maximum absolute atomic E-state index is 3.50. The van der Waals surface area contributed by atoms with Crippen LogP contribution in [0.15, 0.2) is 49.1 Å². The summed E-state index contributed by atoms with van der Waals surface area (Å²) in [5, 5.41) is 0. The van der Waals surface area contributed by atoms with Crippen molar-refractivity contribution in [1.29, 1.82) is 0 Å². The minimum Gasteiger partial charge on any atom is -0.346 e. The Balaban J connectivity index is 1.14. The van der Waals surface area contributed by atoms with Crippen LogP contribution in [0.3, 0.4) is 0 Å². The van der Waals surface area contributed by atoms with Crippen LogP contribution in [-0.4, -0.2) is 22.9 Å². The molecule has 4 rings (SSSR count). The monoisotopic (exact) mass is 454 g/mol. The molecule has 0 unspecified atom stereocenters. The summed E-state index contributed by atoms with van der Waals surface area (Å²) in [6.45, 7) is 22.1. The van der Waals surface area contributed by atoms with E-state index in [1.807, 2.05) is 0 Å². The van der Waals surface area contributed by atoms with Crippen molar-refractivity contribution in [2.75, 3.05) is 22.9 Å². The molecule has 0 spiro atoms. The van der Waals surface area contributed by atoms with Gasteiger partial charge < -0.3 is 19.6 Å². The first kappa shape index (κ1) is 24.3. The van der Waals surface area contributed by atoms with Gasteiger partial charge in [0.05, 0.1) is 0 Å². The summed E-state index contributed by atoms with van der Waals surface area (Å²) in [6.07, 6.45) is 13.3. The third-order valence-electron chi connectivity index (χ3n) is 6.56. The average Bonchev–Trinajstić information content (AvgIpc) is 3.39. The van der Waals surface area contributed by atoms with Crippen molar-refractivity contribution >= 4 is 11.4 Å². The van der Waals surface area contributed by atoms with Crippen LogP contribution in [0.2, 0.25) is 0 Å². The van der Waals surface area contributed by atoms with E-state index in [4.69, 9.17) is 0 Å². The smallest absolute Gasteiger partial charge is 0.212 e. The van der Waals surface area contributed by atoms with Gasteiger partial charge in [0.25, 0.3) is 0 Å². The number of anilines is 2. The van der Waals surface area contributed by atoms with Gasteiger partial charge in [0.2, 0.25) is 13.3 Å². The van der Waals surface area contributed by atoms with E-state index in [9.17, 15) is 0 Å². The number of rotatable bonds is 9. The van der Waals surface area contributed by atoms with Crippen molar-refractivity contribution in [3.8, 4) is 0 Å². The first-order valence-corrected chi connectivity index (χ1v) is 12.5. The third kappa shape index (κ3) is 5.60. The van der Waals surface area contributed by atoms with E-state index in [1.54, 1.807) is 0 Å². The molecule has 0 saturated heterocycles. The van der Waals surface area contributed by atoms with Gasteiger partial charge in [0, 0.05) is 49.3 Å². The molecule has 34 heavy (non-hydrogen) atoms. The lowest BCUT2D eigenvalue weighted by Gasteiger charge is -2.23. The molecule has 0 N–H and O–H groups in total. The molecule has 4 heteroatoms. The highest BCUT2D eigenvalue weighted by Gasteiger charge is 2.20. The summed E-state index contributed by atoms with van der Waals surface area (Å²) < 4.78 is 0. The molecular weight excluding hydrogens is 416 g/mol. The minimum atomic E-state index is 1.01. The highest BCUT2D eigenvalue weighted by Crippen LogP contribution is 2.31. The Morgan fingerprint density at radius 3 is 1.21 bits per heavy atom. The van der Waals surface area contributed by atoms with Crippen molar-refractivity contribution < 1.29 is 0 Å². The zero-order chi connectivity index (χ0) is 24.2. The number of hydrogen-bond acceptors (Lipinski definition) is 4. The average molecular weight is 455 g/mol. The predicted octanol–water partition coefficient (Wildman–Crippen LogP) is 6.98. The maximum Gasteiger partial charge on any atom is 0.212 e. The van der Waals surface area contributed by atoms with Gasteiger partial charge in [-0.25, -0.2) is 0 Å². The predicted molar refractivity (Wildman–Crippen MR) is 143 cm³/mol. The number of hydrogen-bond donors (Lipinski definition) is 0. The van der Waals surface area contributed by atoms with Crippen molar-refractivity contribution in [2.24, 2.45) is 0 Å². The van der Waals surface area contributed by atoms with Crippen LogP contribution in [0.4, 0.5) is 11.4 Å². The molecule has 0 saturated carbocycles. The maximum atomic E-state index is 3.50. The van der Waals surface area contributed by atoms with Crippen LogP contribution < -0.4 is 9.80 Å². The highest BCUT2D eigenvalue weighted by molar-refractivity contribution is 5.64. The lowest BCUT2D eigenvalue weighted by Crippen LogP contribution is -2.21. The van der Waals surface area contributed by atoms with Crippen molar-refractivity contribution in [2.45, 2.75) is 67.2 Å². The fourth-order valence-electron chi connectivity index (χ4n) is 5.23. The summed E-state index contributed by atoms with van der Waals surface area (Å²) >= 11 is 0. The molecule has 4 radical (unpaired) electrons. The van der Waals surface area contributed by atoms with Crippen LogP contribution in [0.25, 0.3) is 0 Å². The molecule has 2 aromatic carbocycles. The van der Waals surface area contributed by atoms with Gasteiger partial charge in [-0.15, -0.1) is 0 Å². The second-order valence-corrected chi connectivity index (χ2v) is 9.83. The van der Waals surface area contributed by atoms with Crippen molar-refractivity contribution in [3.63, 3.8) is 0 Å². The van der Waals surface area contributed by atoms with E-state index in [0.717, 1.165) is 13.1 Å². The summed E-state index contributed by atoms with van der Waals surface area (Å²) in [5.41, 5.74) is 10.3.